The number of anilines is 1. The molecule has 0 bridgehead atoms. The molecule has 0 aromatic heterocycles. The Kier molecular flexibility index (Phi) is 7.39. The maximum atomic E-state index is 12.9. The zero-order valence-electron chi connectivity index (χ0n) is 18.6. The number of amides is 2. The number of nitrogens with zero attached hydrogens (tertiary/aromatic N) is 1. The van der Waals surface area contributed by atoms with Crippen molar-refractivity contribution in [3.63, 3.8) is 0 Å². The minimum Gasteiger partial charge on any atom is -0.490 e. The maximum Gasteiger partial charge on any atom is 0.251 e. The van der Waals surface area contributed by atoms with E-state index in [2.05, 4.69) is 5.32 Å². The summed E-state index contributed by atoms with van der Waals surface area (Å²) in [7, 11) is 0. The van der Waals surface area contributed by atoms with Crippen molar-refractivity contribution in [2.24, 2.45) is 0 Å². The van der Waals surface area contributed by atoms with E-state index in [1.165, 1.54) is 0 Å². The summed E-state index contributed by atoms with van der Waals surface area (Å²) in [5.41, 5.74) is 3.51. The third kappa shape index (κ3) is 5.10. The molecule has 1 N–H and O–H groups in total. The van der Waals surface area contributed by atoms with Gasteiger partial charge in [-0.1, -0.05) is 12.1 Å². The lowest BCUT2D eigenvalue weighted by Crippen LogP contribution is -2.25. The number of rotatable bonds is 9. The number of ether oxygens (including phenoxy) is 3. The van der Waals surface area contributed by atoms with Crippen LogP contribution < -0.4 is 24.4 Å². The predicted octanol–water partition coefficient (Wildman–Crippen LogP) is 3.72. The number of carbonyl (C=O) groups excluding carboxylic acids is 2. The predicted molar refractivity (Wildman–Crippen MR) is 119 cm³/mol. The molecular weight excluding hydrogens is 396 g/mol. The van der Waals surface area contributed by atoms with Crippen LogP contribution in [0.3, 0.4) is 0 Å². The topological polar surface area (TPSA) is 77.1 Å². The van der Waals surface area contributed by atoms with Crippen LogP contribution in [-0.4, -0.2) is 38.2 Å². The summed E-state index contributed by atoms with van der Waals surface area (Å²) < 4.78 is 17.1. The van der Waals surface area contributed by atoms with Crippen molar-refractivity contribution in [3.05, 3.63) is 47.0 Å². The van der Waals surface area contributed by atoms with Crippen molar-refractivity contribution in [2.75, 3.05) is 31.3 Å². The molecule has 2 amide bonds. The standard InChI is InChI=1S/C24H30N2O5/c1-5-29-21-13-19(14-22(30-6-2)23(21)31-7-3)24(28)25-15-17-8-9-20-18(12-17)10-11-26(20)16(4)27/h8-9,12-14H,5-7,10-11,15H2,1-4H3,(H,25,28). The van der Waals surface area contributed by atoms with Crippen molar-refractivity contribution < 1.29 is 23.8 Å². The van der Waals surface area contributed by atoms with Crippen LogP contribution in [0, 0.1) is 0 Å². The Labute approximate surface area is 183 Å². The number of hydrogen-bond donors (Lipinski definition) is 1. The number of hydrogen-bond acceptors (Lipinski definition) is 5. The molecule has 0 saturated heterocycles. The van der Waals surface area contributed by atoms with E-state index < -0.39 is 0 Å². The molecule has 166 valence electrons. The third-order valence-corrected chi connectivity index (χ3v) is 5.04. The first-order valence-corrected chi connectivity index (χ1v) is 10.7. The highest BCUT2D eigenvalue weighted by Crippen LogP contribution is 2.39. The van der Waals surface area contributed by atoms with E-state index in [-0.39, 0.29) is 11.8 Å². The Hall–Kier alpha value is -3.22. The molecule has 1 heterocycles. The van der Waals surface area contributed by atoms with Gasteiger partial charge < -0.3 is 24.4 Å². The second-order valence-corrected chi connectivity index (χ2v) is 7.17. The van der Waals surface area contributed by atoms with Crippen molar-refractivity contribution in [1.82, 2.24) is 5.32 Å². The molecular formula is C24H30N2O5. The van der Waals surface area contributed by atoms with Gasteiger partial charge in [-0.25, -0.2) is 0 Å². The van der Waals surface area contributed by atoms with Crippen molar-refractivity contribution in [1.29, 1.82) is 0 Å². The average molecular weight is 427 g/mol. The fraction of sp³-hybridized carbons (Fsp3) is 0.417. The smallest absolute Gasteiger partial charge is 0.251 e. The SMILES string of the molecule is CCOc1cc(C(=O)NCc2ccc3c(c2)CCN3C(C)=O)cc(OCC)c1OCC. The summed E-state index contributed by atoms with van der Waals surface area (Å²) in [4.78, 5) is 26.4. The molecule has 7 nitrogen and oxygen atoms in total. The quantitative estimate of drug-likeness (QED) is 0.661. The van der Waals surface area contributed by atoms with Crippen LogP contribution in [0.5, 0.6) is 17.2 Å². The van der Waals surface area contributed by atoms with E-state index >= 15 is 0 Å². The molecule has 0 saturated carbocycles. The Morgan fingerprint density at radius 3 is 2.19 bits per heavy atom. The lowest BCUT2D eigenvalue weighted by molar-refractivity contribution is -0.116. The summed E-state index contributed by atoms with van der Waals surface area (Å²) in [6, 6.07) is 9.30. The van der Waals surface area contributed by atoms with Gasteiger partial charge in [0.25, 0.3) is 5.91 Å². The minimum absolute atomic E-state index is 0.0468. The Balaban J connectivity index is 1.76. The molecule has 1 aliphatic heterocycles. The zero-order valence-corrected chi connectivity index (χ0v) is 18.6. The highest BCUT2D eigenvalue weighted by atomic mass is 16.5. The van der Waals surface area contributed by atoms with E-state index in [0.29, 0.717) is 55.7 Å². The molecule has 7 heteroatoms. The maximum absolute atomic E-state index is 12.9. The first-order valence-electron chi connectivity index (χ1n) is 10.7. The molecule has 1 aliphatic rings. The van der Waals surface area contributed by atoms with Gasteiger partial charge in [0.2, 0.25) is 11.7 Å². The van der Waals surface area contributed by atoms with Gasteiger partial charge in [0.1, 0.15) is 0 Å². The van der Waals surface area contributed by atoms with Crippen LogP contribution in [0.1, 0.15) is 49.2 Å². The van der Waals surface area contributed by atoms with Gasteiger partial charge >= 0.3 is 0 Å². The van der Waals surface area contributed by atoms with Crippen LogP contribution >= 0.6 is 0 Å². The van der Waals surface area contributed by atoms with E-state index in [4.69, 9.17) is 14.2 Å². The molecule has 0 radical (unpaired) electrons. The summed E-state index contributed by atoms with van der Waals surface area (Å²) >= 11 is 0. The van der Waals surface area contributed by atoms with Crippen LogP contribution in [0.4, 0.5) is 5.69 Å². The number of benzene rings is 2. The first-order chi connectivity index (χ1) is 15.0. The first kappa shape index (κ1) is 22.5. The highest BCUT2D eigenvalue weighted by Gasteiger charge is 2.22. The Bertz CT molecular complexity index is 930. The summed E-state index contributed by atoms with van der Waals surface area (Å²) in [5, 5.41) is 2.96. The van der Waals surface area contributed by atoms with Gasteiger partial charge in [-0.3, -0.25) is 9.59 Å². The van der Waals surface area contributed by atoms with E-state index in [1.807, 2.05) is 39.0 Å². The van der Waals surface area contributed by atoms with Gasteiger partial charge in [0.15, 0.2) is 11.5 Å². The molecule has 0 spiro atoms. The fourth-order valence-electron chi connectivity index (χ4n) is 3.70. The molecule has 2 aromatic carbocycles. The van der Waals surface area contributed by atoms with Crippen LogP contribution in [-0.2, 0) is 17.8 Å². The van der Waals surface area contributed by atoms with Crippen LogP contribution in [0.2, 0.25) is 0 Å². The molecule has 0 unspecified atom stereocenters. The number of carbonyl (C=O) groups is 2. The minimum atomic E-state index is -0.226. The van der Waals surface area contributed by atoms with E-state index in [0.717, 1.165) is 23.2 Å². The van der Waals surface area contributed by atoms with Crippen LogP contribution in [0.25, 0.3) is 0 Å². The Morgan fingerprint density at radius 2 is 1.61 bits per heavy atom. The molecule has 0 fully saturated rings. The van der Waals surface area contributed by atoms with Gasteiger partial charge in [0.05, 0.1) is 19.8 Å². The molecule has 31 heavy (non-hydrogen) atoms. The largest absolute Gasteiger partial charge is 0.490 e. The highest BCUT2D eigenvalue weighted by molar-refractivity contribution is 5.96. The average Bonchev–Trinajstić information content (AvgIpc) is 3.18. The van der Waals surface area contributed by atoms with Gasteiger partial charge in [-0.2, -0.15) is 0 Å². The van der Waals surface area contributed by atoms with E-state index in [1.54, 1.807) is 24.0 Å². The summed E-state index contributed by atoms with van der Waals surface area (Å²) in [5.74, 6) is 1.31. The second-order valence-electron chi connectivity index (χ2n) is 7.17. The lowest BCUT2D eigenvalue weighted by Gasteiger charge is -2.17. The summed E-state index contributed by atoms with van der Waals surface area (Å²) in [6.45, 7) is 9.66. The molecule has 2 aromatic rings. The summed E-state index contributed by atoms with van der Waals surface area (Å²) in [6.07, 6.45) is 0.824. The van der Waals surface area contributed by atoms with Gasteiger partial charge in [0, 0.05) is 31.3 Å². The van der Waals surface area contributed by atoms with Gasteiger partial charge in [-0.15, -0.1) is 0 Å². The molecule has 0 aliphatic carbocycles. The normalized spacial score (nSPS) is 12.3. The van der Waals surface area contributed by atoms with Crippen molar-refractivity contribution >= 4 is 17.5 Å². The van der Waals surface area contributed by atoms with Crippen molar-refractivity contribution in [3.8, 4) is 17.2 Å². The Morgan fingerprint density at radius 1 is 0.968 bits per heavy atom. The zero-order chi connectivity index (χ0) is 22.4. The fourth-order valence-corrected chi connectivity index (χ4v) is 3.70. The lowest BCUT2D eigenvalue weighted by atomic mass is 10.1. The van der Waals surface area contributed by atoms with Gasteiger partial charge in [-0.05, 0) is 56.5 Å². The van der Waals surface area contributed by atoms with Crippen molar-refractivity contribution in [2.45, 2.75) is 40.7 Å². The molecule has 3 rings (SSSR count). The second kappa shape index (κ2) is 10.2. The molecule has 0 atom stereocenters. The monoisotopic (exact) mass is 426 g/mol. The number of nitrogens with one attached hydrogen (secondary N) is 1. The van der Waals surface area contributed by atoms with Crippen LogP contribution in [0.15, 0.2) is 30.3 Å². The third-order valence-electron chi connectivity index (χ3n) is 5.04. The number of fused-ring (bicyclic) bond motifs is 1. The van der Waals surface area contributed by atoms with E-state index in [9.17, 15) is 9.59 Å².